The number of hydrogen-bond acceptors (Lipinski definition) is 3. The summed E-state index contributed by atoms with van der Waals surface area (Å²) in [6.07, 6.45) is 0.930. The number of para-hydroxylation sites is 1. The van der Waals surface area contributed by atoms with Crippen LogP contribution < -0.4 is 9.46 Å². The molecule has 2 aromatic rings. The van der Waals surface area contributed by atoms with Crippen LogP contribution >= 0.6 is 15.9 Å². The fourth-order valence-corrected chi connectivity index (χ4v) is 4.10. The second-order valence-corrected chi connectivity index (χ2v) is 7.86. The van der Waals surface area contributed by atoms with E-state index in [0.29, 0.717) is 15.9 Å². The first-order valence-electron chi connectivity index (χ1n) is 7.34. The first kappa shape index (κ1) is 17.8. The molecule has 4 nitrogen and oxygen atoms in total. The molecule has 0 aliphatic carbocycles. The van der Waals surface area contributed by atoms with Crippen molar-refractivity contribution in [2.45, 2.75) is 31.1 Å². The summed E-state index contributed by atoms with van der Waals surface area (Å²) in [6, 6.07) is 12.4. The summed E-state index contributed by atoms with van der Waals surface area (Å²) < 4.78 is 34.1. The molecule has 0 saturated carbocycles. The Balaban J connectivity index is 2.46. The molecule has 0 fully saturated rings. The van der Waals surface area contributed by atoms with Crippen molar-refractivity contribution in [1.29, 1.82) is 0 Å². The molecule has 0 saturated heterocycles. The lowest BCUT2D eigenvalue weighted by Crippen LogP contribution is -2.15. The van der Waals surface area contributed by atoms with Gasteiger partial charge in [-0.2, -0.15) is 0 Å². The molecule has 1 N–H and O–H groups in total. The van der Waals surface area contributed by atoms with E-state index in [1.54, 1.807) is 18.2 Å². The highest BCUT2D eigenvalue weighted by Crippen LogP contribution is 2.32. The molecular formula is C17H20BrNO3S. The Hall–Kier alpha value is -1.53. The van der Waals surface area contributed by atoms with Crippen molar-refractivity contribution in [2.24, 2.45) is 0 Å². The van der Waals surface area contributed by atoms with E-state index in [4.69, 9.17) is 4.74 Å². The van der Waals surface area contributed by atoms with Crippen LogP contribution in [0.5, 0.6) is 5.75 Å². The third kappa shape index (κ3) is 4.06. The van der Waals surface area contributed by atoms with E-state index in [2.05, 4.69) is 34.5 Å². The van der Waals surface area contributed by atoms with Gasteiger partial charge in [-0.15, -0.1) is 0 Å². The fraction of sp³-hybridized carbons (Fsp3) is 0.294. The summed E-state index contributed by atoms with van der Waals surface area (Å²) in [6.45, 7) is 4.15. The van der Waals surface area contributed by atoms with Crippen LogP contribution in [0.15, 0.2) is 51.8 Å². The molecule has 2 rings (SSSR count). The van der Waals surface area contributed by atoms with E-state index in [1.165, 1.54) is 13.2 Å². The first-order chi connectivity index (χ1) is 10.9. The molecule has 0 spiro atoms. The van der Waals surface area contributed by atoms with E-state index >= 15 is 0 Å². The Morgan fingerprint density at radius 2 is 1.91 bits per heavy atom. The third-order valence-electron chi connectivity index (χ3n) is 3.76. The van der Waals surface area contributed by atoms with Gasteiger partial charge in [0.05, 0.1) is 12.8 Å². The van der Waals surface area contributed by atoms with E-state index in [0.717, 1.165) is 12.0 Å². The van der Waals surface area contributed by atoms with Gasteiger partial charge < -0.3 is 4.74 Å². The van der Waals surface area contributed by atoms with E-state index in [1.807, 2.05) is 18.2 Å². The number of halogens is 1. The van der Waals surface area contributed by atoms with Crippen molar-refractivity contribution >= 4 is 31.6 Å². The molecule has 124 valence electrons. The van der Waals surface area contributed by atoms with Crippen LogP contribution in [0.3, 0.4) is 0 Å². The summed E-state index contributed by atoms with van der Waals surface area (Å²) in [5, 5.41) is 0. The van der Waals surface area contributed by atoms with Gasteiger partial charge in [0.2, 0.25) is 0 Å². The van der Waals surface area contributed by atoms with Gasteiger partial charge in [0.15, 0.2) is 0 Å². The zero-order valence-corrected chi connectivity index (χ0v) is 15.7. The standard InChI is InChI=1S/C17H20BrNO3S/c1-4-12(2)14-7-5-6-8-15(14)19-23(20,21)17-11-13(18)9-10-16(17)22-3/h5-12,19H,4H2,1-3H3/t12-/m0/s1. The van der Waals surface area contributed by atoms with Gasteiger partial charge in [0.1, 0.15) is 10.6 Å². The van der Waals surface area contributed by atoms with Crippen molar-refractivity contribution in [2.75, 3.05) is 11.8 Å². The number of benzene rings is 2. The normalized spacial score (nSPS) is 12.7. The van der Waals surface area contributed by atoms with Gasteiger partial charge in [0, 0.05) is 4.47 Å². The molecule has 0 bridgehead atoms. The summed E-state index contributed by atoms with van der Waals surface area (Å²) in [5.74, 6) is 0.569. The quantitative estimate of drug-likeness (QED) is 0.763. The smallest absolute Gasteiger partial charge is 0.265 e. The number of hydrogen-bond donors (Lipinski definition) is 1. The Morgan fingerprint density at radius 1 is 1.22 bits per heavy atom. The van der Waals surface area contributed by atoms with Gasteiger partial charge in [0.25, 0.3) is 10.0 Å². The van der Waals surface area contributed by atoms with Crippen molar-refractivity contribution in [3.05, 3.63) is 52.5 Å². The SMILES string of the molecule is CC[C@H](C)c1ccccc1NS(=O)(=O)c1cc(Br)ccc1OC. The second-order valence-electron chi connectivity index (χ2n) is 5.30. The third-order valence-corrected chi connectivity index (χ3v) is 5.64. The number of methoxy groups -OCH3 is 1. The van der Waals surface area contributed by atoms with Crippen molar-refractivity contribution in [3.63, 3.8) is 0 Å². The number of anilines is 1. The topological polar surface area (TPSA) is 55.4 Å². The highest BCUT2D eigenvalue weighted by Gasteiger charge is 2.22. The first-order valence-corrected chi connectivity index (χ1v) is 9.62. The maximum Gasteiger partial charge on any atom is 0.265 e. The average molecular weight is 398 g/mol. The molecule has 2 aromatic carbocycles. The highest BCUT2D eigenvalue weighted by atomic mass is 79.9. The Morgan fingerprint density at radius 3 is 2.57 bits per heavy atom. The average Bonchev–Trinajstić information content (AvgIpc) is 2.54. The second kappa shape index (κ2) is 7.36. The molecule has 0 heterocycles. The highest BCUT2D eigenvalue weighted by molar-refractivity contribution is 9.10. The van der Waals surface area contributed by atoms with Gasteiger partial charge in [-0.05, 0) is 42.2 Å². The molecule has 6 heteroatoms. The zero-order chi connectivity index (χ0) is 17.0. The molecule has 23 heavy (non-hydrogen) atoms. The molecule has 0 aliphatic heterocycles. The molecule has 0 aromatic heterocycles. The minimum Gasteiger partial charge on any atom is -0.495 e. The number of nitrogens with one attached hydrogen (secondary N) is 1. The van der Waals surface area contributed by atoms with Crippen LogP contribution in [-0.2, 0) is 10.0 Å². The summed E-state index contributed by atoms with van der Waals surface area (Å²) in [5.41, 5.74) is 1.58. The summed E-state index contributed by atoms with van der Waals surface area (Å²) >= 11 is 3.30. The van der Waals surface area contributed by atoms with E-state index in [-0.39, 0.29) is 10.8 Å². The van der Waals surface area contributed by atoms with E-state index in [9.17, 15) is 8.42 Å². The largest absolute Gasteiger partial charge is 0.495 e. The van der Waals surface area contributed by atoms with Gasteiger partial charge >= 0.3 is 0 Å². The van der Waals surface area contributed by atoms with Crippen molar-refractivity contribution in [1.82, 2.24) is 0 Å². The monoisotopic (exact) mass is 397 g/mol. The summed E-state index contributed by atoms with van der Waals surface area (Å²) in [7, 11) is -2.29. The number of sulfonamides is 1. The van der Waals surface area contributed by atoms with Gasteiger partial charge in [-0.1, -0.05) is 48.0 Å². The minimum atomic E-state index is -3.75. The predicted octanol–water partition coefficient (Wildman–Crippen LogP) is 4.77. The van der Waals surface area contributed by atoms with Crippen LogP contribution in [-0.4, -0.2) is 15.5 Å². The number of ether oxygens (including phenoxy) is 1. The van der Waals surface area contributed by atoms with Crippen LogP contribution in [0.4, 0.5) is 5.69 Å². The lowest BCUT2D eigenvalue weighted by Gasteiger charge is -2.17. The number of rotatable bonds is 6. The minimum absolute atomic E-state index is 0.105. The maximum absolute atomic E-state index is 12.8. The molecule has 1 atom stereocenters. The van der Waals surface area contributed by atoms with E-state index < -0.39 is 10.0 Å². The molecular weight excluding hydrogens is 378 g/mol. The van der Waals surface area contributed by atoms with Crippen LogP contribution in [0.25, 0.3) is 0 Å². The summed E-state index contributed by atoms with van der Waals surface area (Å²) in [4.78, 5) is 0.105. The fourth-order valence-electron chi connectivity index (χ4n) is 2.30. The predicted molar refractivity (Wildman–Crippen MR) is 96.7 cm³/mol. The lowest BCUT2D eigenvalue weighted by molar-refractivity contribution is 0.403. The van der Waals surface area contributed by atoms with Gasteiger partial charge in [-0.3, -0.25) is 4.72 Å². The molecule has 0 aliphatic rings. The Labute approximate surface area is 146 Å². The molecule has 0 radical (unpaired) electrons. The lowest BCUT2D eigenvalue weighted by atomic mass is 9.97. The van der Waals surface area contributed by atoms with Crippen molar-refractivity contribution in [3.8, 4) is 5.75 Å². The van der Waals surface area contributed by atoms with Crippen LogP contribution in [0.2, 0.25) is 0 Å². The zero-order valence-electron chi connectivity index (χ0n) is 13.3. The molecule has 0 unspecified atom stereocenters. The van der Waals surface area contributed by atoms with Gasteiger partial charge in [-0.25, -0.2) is 8.42 Å². The van der Waals surface area contributed by atoms with Crippen LogP contribution in [0.1, 0.15) is 31.7 Å². The van der Waals surface area contributed by atoms with Crippen LogP contribution in [0, 0.1) is 0 Å². The Kier molecular flexibility index (Phi) is 5.70. The maximum atomic E-state index is 12.8. The Bertz CT molecular complexity index is 790. The van der Waals surface area contributed by atoms with Crippen molar-refractivity contribution < 1.29 is 13.2 Å². The molecule has 0 amide bonds.